The lowest BCUT2D eigenvalue weighted by Crippen LogP contribution is -2.38. The van der Waals surface area contributed by atoms with Gasteiger partial charge in [-0.3, -0.25) is 4.79 Å². The van der Waals surface area contributed by atoms with Crippen LogP contribution in [-0.4, -0.2) is 30.3 Å². The molecule has 1 aromatic rings. The Morgan fingerprint density at radius 2 is 2.23 bits per heavy atom. The van der Waals surface area contributed by atoms with Gasteiger partial charge >= 0.3 is 0 Å². The lowest BCUT2D eigenvalue weighted by Gasteiger charge is -2.19. The van der Waals surface area contributed by atoms with E-state index in [4.69, 9.17) is 27.9 Å². The maximum Gasteiger partial charge on any atom is 0.223 e. The van der Waals surface area contributed by atoms with Crippen molar-refractivity contribution in [2.45, 2.75) is 25.4 Å². The zero-order chi connectivity index (χ0) is 15.9. The molecule has 2 atom stereocenters. The van der Waals surface area contributed by atoms with Gasteiger partial charge in [-0.1, -0.05) is 41.4 Å². The fourth-order valence-electron chi connectivity index (χ4n) is 2.23. The molecule has 1 aliphatic rings. The van der Waals surface area contributed by atoms with E-state index in [9.17, 15) is 9.90 Å². The molecule has 0 bridgehead atoms. The first kappa shape index (κ1) is 17.1. The number of benzene rings is 1. The fourth-order valence-corrected chi connectivity index (χ4v) is 2.58. The average molecular weight is 344 g/mol. The van der Waals surface area contributed by atoms with Crippen LogP contribution in [-0.2, 0) is 4.79 Å². The highest BCUT2D eigenvalue weighted by atomic mass is 35.5. The van der Waals surface area contributed by atoms with Crippen molar-refractivity contribution < 1.29 is 14.6 Å². The normalized spacial score (nSPS) is 18.8. The largest absolute Gasteiger partial charge is 0.489 e. The highest BCUT2D eigenvalue weighted by molar-refractivity contribution is 6.42. The number of rotatable bonds is 6. The minimum Gasteiger partial charge on any atom is -0.489 e. The molecule has 0 spiro atoms. The third kappa shape index (κ3) is 4.90. The molecule has 0 heterocycles. The summed E-state index contributed by atoms with van der Waals surface area (Å²) in [6.45, 7) is 0.183. The van der Waals surface area contributed by atoms with Crippen molar-refractivity contribution in [1.82, 2.24) is 5.32 Å². The van der Waals surface area contributed by atoms with Crippen molar-refractivity contribution in [3.05, 3.63) is 40.4 Å². The topological polar surface area (TPSA) is 58.6 Å². The van der Waals surface area contributed by atoms with Crippen LogP contribution >= 0.6 is 23.2 Å². The molecule has 0 aliphatic heterocycles. The smallest absolute Gasteiger partial charge is 0.223 e. The van der Waals surface area contributed by atoms with Crippen LogP contribution in [0.3, 0.4) is 0 Å². The zero-order valence-electron chi connectivity index (χ0n) is 12.1. The van der Waals surface area contributed by atoms with Crippen molar-refractivity contribution in [1.29, 1.82) is 0 Å². The van der Waals surface area contributed by atoms with Crippen LogP contribution < -0.4 is 10.1 Å². The highest BCUT2D eigenvalue weighted by Gasteiger charge is 2.19. The summed E-state index contributed by atoms with van der Waals surface area (Å²) in [5.41, 5.74) is 0. The van der Waals surface area contributed by atoms with Gasteiger partial charge in [-0.2, -0.15) is 0 Å². The standard InChI is InChI=1S/C16H19Cl2NO3/c17-13-7-4-8-14(15(13)18)22-10-12(20)9-19-16(21)11-5-2-1-3-6-11/h1-2,4,7-8,11-12,20H,3,5-6,9-10H2,(H,19,21)/t11-,12-/m1/s1. The molecule has 1 aliphatic carbocycles. The number of aliphatic hydroxyl groups is 1. The molecular weight excluding hydrogens is 325 g/mol. The first-order valence-electron chi connectivity index (χ1n) is 7.25. The summed E-state index contributed by atoms with van der Waals surface area (Å²) >= 11 is 11.9. The summed E-state index contributed by atoms with van der Waals surface area (Å²) in [4.78, 5) is 11.9. The Labute approximate surface area is 140 Å². The summed E-state index contributed by atoms with van der Waals surface area (Å²) in [5.74, 6) is 0.390. The number of nitrogens with one attached hydrogen (secondary N) is 1. The maximum atomic E-state index is 11.9. The van der Waals surface area contributed by atoms with E-state index in [0.29, 0.717) is 15.8 Å². The van der Waals surface area contributed by atoms with Gasteiger partial charge in [0.25, 0.3) is 0 Å². The zero-order valence-corrected chi connectivity index (χ0v) is 13.6. The van der Waals surface area contributed by atoms with Gasteiger partial charge in [0.2, 0.25) is 5.91 Å². The van der Waals surface area contributed by atoms with Gasteiger partial charge in [0.15, 0.2) is 0 Å². The van der Waals surface area contributed by atoms with Crippen LogP contribution in [0, 0.1) is 5.92 Å². The number of amides is 1. The molecule has 2 N–H and O–H groups in total. The average Bonchev–Trinajstić information content (AvgIpc) is 2.54. The van der Waals surface area contributed by atoms with Crippen LogP contribution in [0.1, 0.15) is 19.3 Å². The van der Waals surface area contributed by atoms with Crippen LogP contribution in [0.15, 0.2) is 30.4 Å². The van der Waals surface area contributed by atoms with Gasteiger partial charge in [-0.25, -0.2) is 0 Å². The minimum absolute atomic E-state index is 0.000456. The molecule has 4 nitrogen and oxygen atoms in total. The summed E-state index contributed by atoms with van der Waals surface area (Å²) in [6, 6.07) is 5.05. The first-order valence-corrected chi connectivity index (χ1v) is 8.01. The predicted molar refractivity (Wildman–Crippen MR) is 87.5 cm³/mol. The van der Waals surface area contributed by atoms with Gasteiger partial charge in [0.1, 0.15) is 23.5 Å². The van der Waals surface area contributed by atoms with E-state index in [0.717, 1.165) is 19.3 Å². The third-order valence-electron chi connectivity index (χ3n) is 3.50. The summed E-state index contributed by atoms with van der Waals surface area (Å²) in [5, 5.41) is 13.4. The van der Waals surface area contributed by atoms with E-state index < -0.39 is 6.10 Å². The second-order valence-corrected chi connectivity index (χ2v) is 6.03. The second-order valence-electron chi connectivity index (χ2n) is 5.24. The highest BCUT2D eigenvalue weighted by Crippen LogP contribution is 2.31. The summed E-state index contributed by atoms with van der Waals surface area (Å²) in [6.07, 6.45) is 5.84. The Morgan fingerprint density at radius 3 is 2.95 bits per heavy atom. The summed E-state index contributed by atoms with van der Waals surface area (Å²) in [7, 11) is 0. The van der Waals surface area contributed by atoms with Gasteiger partial charge in [-0.05, 0) is 31.4 Å². The number of allylic oxidation sites excluding steroid dienone is 2. The molecule has 120 valence electrons. The van der Waals surface area contributed by atoms with Crippen molar-refractivity contribution in [2.75, 3.05) is 13.2 Å². The maximum absolute atomic E-state index is 11.9. The van der Waals surface area contributed by atoms with Crippen LogP contribution in [0.2, 0.25) is 10.0 Å². The Bertz CT molecular complexity index is 548. The van der Waals surface area contributed by atoms with Crippen LogP contribution in [0.25, 0.3) is 0 Å². The van der Waals surface area contributed by atoms with Crippen molar-refractivity contribution in [3.63, 3.8) is 0 Å². The predicted octanol–water partition coefficient (Wildman–Crippen LogP) is 3.21. The number of ether oxygens (including phenoxy) is 1. The van der Waals surface area contributed by atoms with E-state index in [-0.39, 0.29) is 25.0 Å². The first-order chi connectivity index (χ1) is 10.6. The molecule has 0 radical (unpaired) electrons. The molecule has 22 heavy (non-hydrogen) atoms. The number of carbonyl (C=O) groups excluding carboxylic acids is 1. The quantitative estimate of drug-likeness (QED) is 0.779. The lowest BCUT2D eigenvalue weighted by molar-refractivity contribution is -0.125. The lowest BCUT2D eigenvalue weighted by atomic mass is 9.94. The SMILES string of the molecule is O=C(NC[C@@H](O)COc1cccc(Cl)c1Cl)[C@@H]1CC=CCC1. The van der Waals surface area contributed by atoms with E-state index in [2.05, 4.69) is 11.4 Å². The molecule has 1 aromatic carbocycles. The number of hydrogen-bond donors (Lipinski definition) is 2. The molecule has 0 unspecified atom stereocenters. The minimum atomic E-state index is -0.807. The number of aliphatic hydroxyl groups excluding tert-OH is 1. The van der Waals surface area contributed by atoms with E-state index in [1.54, 1.807) is 18.2 Å². The molecule has 0 aromatic heterocycles. The Morgan fingerprint density at radius 1 is 1.41 bits per heavy atom. The molecule has 1 amide bonds. The molecule has 0 saturated heterocycles. The Kier molecular flexibility index (Phi) is 6.55. The molecular formula is C16H19Cl2NO3. The van der Waals surface area contributed by atoms with Crippen LogP contribution in [0.5, 0.6) is 5.75 Å². The molecule has 2 rings (SSSR count). The van der Waals surface area contributed by atoms with E-state index in [1.165, 1.54) is 0 Å². The number of hydrogen-bond acceptors (Lipinski definition) is 3. The van der Waals surface area contributed by atoms with E-state index in [1.807, 2.05) is 6.08 Å². The van der Waals surface area contributed by atoms with Crippen molar-refractivity contribution in [3.8, 4) is 5.75 Å². The van der Waals surface area contributed by atoms with Gasteiger partial charge < -0.3 is 15.2 Å². The van der Waals surface area contributed by atoms with Gasteiger partial charge in [-0.15, -0.1) is 0 Å². The van der Waals surface area contributed by atoms with Gasteiger partial charge in [0, 0.05) is 12.5 Å². The number of carbonyl (C=O) groups is 1. The van der Waals surface area contributed by atoms with E-state index >= 15 is 0 Å². The number of halogens is 2. The monoisotopic (exact) mass is 343 g/mol. The third-order valence-corrected chi connectivity index (χ3v) is 4.30. The second kappa shape index (κ2) is 8.42. The Balaban J connectivity index is 1.73. The fraction of sp³-hybridized carbons (Fsp3) is 0.438. The van der Waals surface area contributed by atoms with Crippen LogP contribution in [0.4, 0.5) is 0 Å². The van der Waals surface area contributed by atoms with Crippen molar-refractivity contribution in [2.24, 2.45) is 5.92 Å². The molecule has 0 fully saturated rings. The molecule has 6 heteroatoms. The summed E-state index contributed by atoms with van der Waals surface area (Å²) < 4.78 is 5.43. The van der Waals surface area contributed by atoms with Crippen molar-refractivity contribution >= 4 is 29.1 Å². The molecule has 0 saturated carbocycles. The Hall–Kier alpha value is -1.23. The van der Waals surface area contributed by atoms with Gasteiger partial charge in [0.05, 0.1) is 5.02 Å².